The molecule has 5 heteroatoms. The number of nitrogens with one attached hydrogen (secondary N) is 1. The van der Waals surface area contributed by atoms with Crippen LogP contribution < -0.4 is 10.2 Å². The number of hydrogen-bond acceptors (Lipinski definition) is 2. The lowest BCUT2D eigenvalue weighted by molar-refractivity contribution is -0.120. The first-order valence-electron chi connectivity index (χ1n) is 9.09. The van der Waals surface area contributed by atoms with Crippen molar-refractivity contribution in [1.82, 2.24) is 0 Å². The summed E-state index contributed by atoms with van der Waals surface area (Å²) in [7, 11) is 0. The van der Waals surface area contributed by atoms with Gasteiger partial charge in [-0.05, 0) is 67.1 Å². The summed E-state index contributed by atoms with van der Waals surface area (Å²) in [6.07, 6.45) is 4.24. The summed E-state index contributed by atoms with van der Waals surface area (Å²) in [4.78, 5) is 26.7. The molecule has 0 aromatic heterocycles. The lowest BCUT2D eigenvalue weighted by Crippen LogP contribution is -2.36. The van der Waals surface area contributed by atoms with Crippen molar-refractivity contribution in [3.63, 3.8) is 0 Å². The van der Waals surface area contributed by atoms with Crippen LogP contribution in [0, 0.1) is 5.92 Å². The Balaban J connectivity index is 1.45. The molecule has 0 bridgehead atoms. The van der Waals surface area contributed by atoms with Gasteiger partial charge in [0, 0.05) is 28.9 Å². The number of rotatable bonds is 4. The molecular weight excluding hydrogens is 348 g/mol. The predicted octanol–water partition coefficient (Wildman–Crippen LogP) is 4.21. The topological polar surface area (TPSA) is 49.4 Å². The highest BCUT2D eigenvalue weighted by molar-refractivity contribution is 6.30. The number of carbonyl (C=O) groups is 2. The number of anilines is 2. The molecule has 2 aromatic carbocycles. The first kappa shape index (κ1) is 17.1. The van der Waals surface area contributed by atoms with Gasteiger partial charge in [-0.25, -0.2) is 0 Å². The smallest absolute Gasteiger partial charge is 0.230 e. The maximum atomic E-state index is 12.5. The lowest BCUT2D eigenvalue weighted by atomic mass is 10.00. The highest BCUT2D eigenvalue weighted by atomic mass is 35.5. The van der Waals surface area contributed by atoms with Gasteiger partial charge >= 0.3 is 0 Å². The minimum atomic E-state index is -0.0611. The van der Waals surface area contributed by atoms with E-state index < -0.39 is 0 Å². The van der Waals surface area contributed by atoms with Crippen molar-refractivity contribution in [1.29, 1.82) is 0 Å². The molecule has 1 N–H and O–H groups in total. The molecule has 1 aliphatic heterocycles. The first-order valence-corrected chi connectivity index (χ1v) is 9.46. The van der Waals surface area contributed by atoms with Crippen molar-refractivity contribution < 1.29 is 9.59 Å². The summed E-state index contributed by atoms with van der Waals surface area (Å²) in [5.74, 6) is 0.416. The number of carbonyl (C=O) groups excluding carboxylic acids is 2. The minimum absolute atomic E-state index is 0.0611. The number of fused-ring (bicyclic) bond motifs is 1. The number of nitrogens with zero attached hydrogens (tertiary/aromatic N) is 1. The van der Waals surface area contributed by atoms with Crippen LogP contribution in [0.15, 0.2) is 42.5 Å². The molecule has 0 saturated heterocycles. The van der Waals surface area contributed by atoms with Crippen molar-refractivity contribution in [3.05, 3.63) is 58.6 Å². The number of aryl methyl sites for hydroxylation is 1. The van der Waals surface area contributed by atoms with E-state index in [9.17, 15) is 9.59 Å². The third-order valence-electron chi connectivity index (χ3n) is 4.95. The van der Waals surface area contributed by atoms with Crippen LogP contribution in [0.2, 0.25) is 5.02 Å². The minimum Gasteiger partial charge on any atom is -0.326 e. The van der Waals surface area contributed by atoms with Gasteiger partial charge in [-0.1, -0.05) is 23.7 Å². The number of benzene rings is 2. The molecule has 134 valence electrons. The summed E-state index contributed by atoms with van der Waals surface area (Å²) in [5.41, 5.74) is 3.84. The van der Waals surface area contributed by atoms with Crippen LogP contribution in [-0.2, 0) is 22.4 Å². The van der Waals surface area contributed by atoms with Gasteiger partial charge in [-0.3, -0.25) is 9.59 Å². The van der Waals surface area contributed by atoms with E-state index in [1.165, 1.54) is 0 Å². The van der Waals surface area contributed by atoms with E-state index in [4.69, 9.17) is 11.6 Å². The standard InChI is InChI=1S/C21H21ClN2O2/c22-17-7-3-14(4-8-17)12-20(25)23-18-9-10-19-16(13-18)2-1-11-24(19)21(26)15-5-6-15/h3-4,7-10,13,15H,1-2,5-6,11-12H2,(H,23,25). The molecule has 0 atom stereocenters. The molecule has 0 unspecified atom stereocenters. The second kappa shape index (κ2) is 7.12. The molecule has 4 nitrogen and oxygen atoms in total. The Labute approximate surface area is 158 Å². The van der Waals surface area contributed by atoms with E-state index in [0.717, 1.165) is 54.7 Å². The maximum Gasteiger partial charge on any atom is 0.230 e. The zero-order valence-electron chi connectivity index (χ0n) is 14.5. The molecule has 1 fully saturated rings. The second-order valence-electron chi connectivity index (χ2n) is 7.06. The highest BCUT2D eigenvalue weighted by Gasteiger charge is 2.35. The first-order chi connectivity index (χ1) is 12.6. The van der Waals surface area contributed by atoms with E-state index in [1.807, 2.05) is 35.2 Å². The molecular formula is C21H21ClN2O2. The average molecular weight is 369 g/mol. The maximum absolute atomic E-state index is 12.5. The van der Waals surface area contributed by atoms with Crippen molar-refractivity contribution in [2.24, 2.45) is 5.92 Å². The highest BCUT2D eigenvalue weighted by Crippen LogP contribution is 2.36. The largest absolute Gasteiger partial charge is 0.326 e. The second-order valence-corrected chi connectivity index (χ2v) is 7.50. The van der Waals surface area contributed by atoms with Gasteiger partial charge in [-0.15, -0.1) is 0 Å². The third-order valence-corrected chi connectivity index (χ3v) is 5.20. The van der Waals surface area contributed by atoms with Gasteiger partial charge in [0.1, 0.15) is 0 Å². The Morgan fingerprint density at radius 3 is 2.62 bits per heavy atom. The van der Waals surface area contributed by atoms with E-state index in [1.54, 1.807) is 12.1 Å². The molecule has 0 radical (unpaired) electrons. The number of hydrogen-bond donors (Lipinski definition) is 1. The van der Waals surface area contributed by atoms with Crippen molar-refractivity contribution in [2.75, 3.05) is 16.8 Å². The molecule has 1 saturated carbocycles. The summed E-state index contributed by atoms with van der Waals surface area (Å²) in [6, 6.07) is 13.1. The zero-order valence-corrected chi connectivity index (χ0v) is 15.3. The van der Waals surface area contributed by atoms with Crippen LogP contribution in [0.5, 0.6) is 0 Å². The van der Waals surface area contributed by atoms with Gasteiger partial charge in [0.25, 0.3) is 0 Å². The van der Waals surface area contributed by atoms with Crippen LogP contribution in [0.25, 0.3) is 0 Å². The van der Waals surface area contributed by atoms with Gasteiger partial charge in [0.2, 0.25) is 11.8 Å². The van der Waals surface area contributed by atoms with Crippen molar-refractivity contribution >= 4 is 34.8 Å². The summed E-state index contributed by atoms with van der Waals surface area (Å²) in [5, 5.41) is 3.62. The zero-order chi connectivity index (χ0) is 18.1. The molecule has 2 aliphatic rings. The molecule has 4 rings (SSSR count). The van der Waals surface area contributed by atoms with Gasteiger partial charge < -0.3 is 10.2 Å². The fraction of sp³-hybridized carbons (Fsp3) is 0.333. The Morgan fingerprint density at radius 2 is 1.88 bits per heavy atom. The molecule has 2 amide bonds. The van der Waals surface area contributed by atoms with Crippen LogP contribution in [0.1, 0.15) is 30.4 Å². The Hall–Kier alpha value is -2.33. The Bertz CT molecular complexity index is 844. The van der Waals surface area contributed by atoms with E-state index in [0.29, 0.717) is 11.4 Å². The monoisotopic (exact) mass is 368 g/mol. The van der Waals surface area contributed by atoms with Gasteiger partial charge in [-0.2, -0.15) is 0 Å². The van der Waals surface area contributed by atoms with Crippen LogP contribution in [-0.4, -0.2) is 18.4 Å². The van der Waals surface area contributed by atoms with Crippen molar-refractivity contribution in [2.45, 2.75) is 32.1 Å². The van der Waals surface area contributed by atoms with Crippen LogP contribution in [0.4, 0.5) is 11.4 Å². The summed E-state index contributed by atoms with van der Waals surface area (Å²) in [6.45, 7) is 0.796. The molecule has 1 heterocycles. The van der Waals surface area contributed by atoms with Gasteiger partial charge in [0.05, 0.1) is 6.42 Å². The fourth-order valence-corrected chi connectivity index (χ4v) is 3.57. The van der Waals surface area contributed by atoms with Crippen LogP contribution >= 0.6 is 11.6 Å². The van der Waals surface area contributed by atoms with E-state index >= 15 is 0 Å². The van der Waals surface area contributed by atoms with Crippen LogP contribution in [0.3, 0.4) is 0 Å². The average Bonchev–Trinajstić information content (AvgIpc) is 3.47. The molecule has 0 spiro atoms. The van der Waals surface area contributed by atoms with Crippen molar-refractivity contribution in [3.8, 4) is 0 Å². The summed E-state index contributed by atoms with van der Waals surface area (Å²) >= 11 is 5.87. The quantitative estimate of drug-likeness (QED) is 0.878. The molecule has 2 aromatic rings. The summed E-state index contributed by atoms with van der Waals surface area (Å²) < 4.78 is 0. The van der Waals surface area contributed by atoms with Gasteiger partial charge in [0.15, 0.2) is 0 Å². The normalized spacial score (nSPS) is 16.1. The Morgan fingerprint density at radius 1 is 1.12 bits per heavy atom. The predicted molar refractivity (Wildman–Crippen MR) is 104 cm³/mol. The fourth-order valence-electron chi connectivity index (χ4n) is 3.45. The molecule has 26 heavy (non-hydrogen) atoms. The van der Waals surface area contributed by atoms with E-state index in [-0.39, 0.29) is 17.7 Å². The Kier molecular flexibility index (Phi) is 4.68. The molecule has 1 aliphatic carbocycles. The lowest BCUT2D eigenvalue weighted by Gasteiger charge is -2.30. The van der Waals surface area contributed by atoms with E-state index in [2.05, 4.69) is 5.32 Å². The number of amides is 2. The third kappa shape index (κ3) is 3.75. The SMILES string of the molecule is O=C(Cc1ccc(Cl)cc1)Nc1ccc2c(c1)CCCN2C(=O)C1CC1. The number of halogens is 1.